The van der Waals surface area contributed by atoms with Crippen LogP contribution in [0.5, 0.6) is 0 Å². The number of hydrogen-bond acceptors (Lipinski definition) is 3. The molecule has 0 bridgehead atoms. The van der Waals surface area contributed by atoms with E-state index in [1.54, 1.807) is 0 Å². The first kappa shape index (κ1) is 19.1. The van der Waals surface area contributed by atoms with Crippen molar-refractivity contribution in [3.8, 4) is 0 Å². The highest BCUT2D eigenvalue weighted by Crippen LogP contribution is 2.39. The van der Waals surface area contributed by atoms with Gasteiger partial charge in [0.2, 0.25) is 0 Å². The monoisotopic (exact) mass is 389 g/mol. The molecule has 2 nitrogen and oxygen atoms in total. The third kappa shape index (κ3) is 3.46. The minimum absolute atomic E-state index is 0.673. The smallest absolute Gasteiger partial charge is 0.116 e. The van der Waals surface area contributed by atoms with Crippen LogP contribution in [-0.4, -0.2) is 29.6 Å². The topological polar surface area (TPSA) is 23.5 Å². The fourth-order valence-corrected chi connectivity index (χ4v) is 5.10. The molecule has 4 rings (SSSR count). The average Bonchev–Trinajstić information content (AvgIpc) is 3.13. The number of rotatable bonds is 7. The number of nitrogens with zero attached hydrogens (tertiary/aromatic N) is 1. The molecular weight excluding hydrogens is 362 g/mol. The largest absolute Gasteiger partial charge is 0.380 e. The number of fused-ring (bicyclic) bond motifs is 3. The SMILES string of the molecule is CCN(CC)CCC(O)(c1ccccc1)c1ccc2sc3ccccc3c2c1. The van der Waals surface area contributed by atoms with Gasteiger partial charge in [0.05, 0.1) is 0 Å². The van der Waals surface area contributed by atoms with E-state index in [1.807, 2.05) is 41.7 Å². The highest BCUT2D eigenvalue weighted by atomic mass is 32.1. The molecule has 4 aromatic rings. The second kappa shape index (κ2) is 8.04. The lowest BCUT2D eigenvalue weighted by Crippen LogP contribution is -2.34. The maximum absolute atomic E-state index is 11.9. The molecule has 144 valence electrons. The minimum atomic E-state index is -0.999. The van der Waals surface area contributed by atoms with Crippen molar-refractivity contribution < 1.29 is 5.11 Å². The molecule has 0 saturated heterocycles. The summed E-state index contributed by atoms with van der Waals surface area (Å²) >= 11 is 1.81. The molecule has 3 aromatic carbocycles. The van der Waals surface area contributed by atoms with Crippen LogP contribution in [0.1, 0.15) is 31.4 Å². The number of aliphatic hydroxyl groups is 1. The fourth-order valence-electron chi connectivity index (χ4n) is 4.01. The van der Waals surface area contributed by atoms with Crippen molar-refractivity contribution in [2.24, 2.45) is 0 Å². The van der Waals surface area contributed by atoms with Crippen LogP contribution in [0.3, 0.4) is 0 Å². The van der Waals surface area contributed by atoms with Gasteiger partial charge in [-0.3, -0.25) is 0 Å². The first-order valence-electron chi connectivity index (χ1n) is 10.1. The van der Waals surface area contributed by atoms with Crippen LogP contribution in [0.25, 0.3) is 20.2 Å². The lowest BCUT2D eigenvalue weighted by molar-refractivity contribution is 0.0588. The third-order valence-corrected chi connectivity index (χ3v) is 6.94. The molecule has 0 saturated carbocycles. The van der Waals surface area contributed by atoms with E-state index in [0.29, 0.717) is 6.42 Å². The van der Waals surface area contributed by atoms with Crippen molar-refractivity contribution in [1.29, 1.82) is 0 Å². The van der Waals surface area contributed by atoms with E-state index in [-0.39, 0.29) is 0 Å². The third-order valence-electron chi connectivity index (χ3n) is 5.79. The molecule has 1 aromatic heterocycles. The van der Waals surface area contributed by atoms with Gasteiger partial charge in [-0.2, -0.15) is 0 Å². The predicted molar refractivity (Wildman–Crippen MR) is 121 cm³/mol. The van der Waals surface area contributed by atoms with Crippen molar-refractivity contribution in [2.75, 3.05) is 19.6 Å². The lowest BCUT2D eigenvalue weighted by atomic mass is 9.83. The van der Waals surface area contributed by atoms with Gasteiger partial charge >= 0.3 is 0 Å². The second-order valence-corrected chi connectivity index (χ2v) is 8.40. The van der Waals surface area contributed by atoms with Crippen LogP contribution in [0.4, 0.5) is 0 Å². The lowest BCUT2D eigenvalue weighted by Gasteiger charge is -2.32. The Balaban J connectivity index is 1.82. The summed E-state index contributed by atoms with van der Waals surface area (Å²) in [5.74, 6) is 0. The Morgan fingerprint density at radius 1 is 0.786 bits per heavy atom. The Labute approximate surface area is 171 Å². The van der Waals surface area contributed by atoms with E-state index in [2.05, 4.69) is 61.2 Å². The van der Waals surface area contributed by atoms with Crippen molar-refractivity contribution in [3.63, 3.8) is 0 Å². The summed E-state index contributed by atoms with van der Waals surface area (Å²) in [4.78, 5) is 2.37. The quantitative estimate of drug-likeness (QED) is 0.418. The molecule has 0 aliphatic rings. The predicted octanol–water partition coefficient (Wildman–Crippen LogP) is 6.02. The van der Waals surface area contributed by atoms with Crippen molar-refractivity contribution >= 4 is 31.5 Å². The van der Waals surface area contributed by atoms with Gasteiger partial charge in [0.1, 0.15) is 5.60 Å². The molecule has 0 amide bonds. The van der Waals surface area contributed by atoms with Gasteiger partial charge in [-0.25, -0.2) is 0 Å². The van der Waals surface area contributed by atoms with Crippen molar-refractivity contribution in [3.05, 3.63) is 83.9 Å². The summed E-state index contributed by atoms with van der Waals surface area (Å²) in [6, 6.07) is 25.1. The Hall–Kier alpha value is -2.20. The normalized spacial score (nSPS) is 14.0. The van der Waals surface area contributed by atoms with E-state index in [9.17, 15) is 5.11 Å². The molecule has 28 heavy (non-hydrogen) atoms. The molecule has 1 atom stereocenters. The average molecular weight is 390 g/mol. The fraction of sp³-hybridized carbons (Fsp3) is 0.280. The van der Waals surface area contributed by atoms with Gasteiger partial charge in [0, 0.05) is 26.7 Å². The first-order chi connectivity index (χ1) is 13.7. The Bertz CT molecular complexity index is 1070. The van der Waals surface area contributed by atoms with E-state index in [4.69, 9.17) is 0 Å². The van der Waals surface area contributed by atoms with Crippen molar-refractivity contribution in [2.45, 2.75) is 25.9 Å². The maximum atomic E-state index is 11.9. The molecular formula is C25H27NOS. The van der Waals surface area contributed by atoms with Crippen LogP contribution >= 0.6 is 11.3 Å². The molecule has 1 N–H and O–H groups in total. The Kier molecular flexibility index (Phi) is 5.49. The van der Waals surface area contributed by atoms with E-state index in [1.165, 1.54) is 20.2 Å². The van der Waals surface area contributed by atoms with Crippen LogP contribution in [0.15, 0.2) is 72.8 Å². The Morgan fingerprint density at radius 2 is 1.46 bits per heavy atom. The molecule has 0 radical (unpaired) electrons. The van der Waals surface area contributed by atoms with Gasteiger partial charge < -0.3 is 10.0 Å². The zero-order chi connectivity index (χ0) is 19.6. The molecule has 0 spiro atoms. The standard InChI is InChI=1S/C25H27NOS/c1-3-26(4-2)17-16-25(27,19-10-6-5-7-11-19)20-14-15-24-22(18-20)21-12-8-9-13-23(21)28-24/h5-15,18,27H,3-4,16-17H2,1-2H3. The highest BCUT2D eigenvalue weighted by Gasteiger charge is 2.32. The summed E-state index contributed by atoms with van der Waals surface area (Å²) in [6.45, 7) is 7.20. The zero-order valence-corrected chi connectivity index (χ0v) is 17.4. The number of thiophene rings is 1. The molecule has 0 aliphatic heterocycles. The summed E-state index contributed by atoms with van der Waals surface area (Å²) < 4.78 is 2.56. The summed E-state index contributed by atoms with van der Waals surface area (Å²) in [5.41, 5.74) is 0.934. The maximum Gasteiger partial charge on any atom is 0.116 e. The molecule has 0 aliphatic carbocycles. The van der Waals surface area contributed by atoms with Gasteiger partial charge in [0.25, 0.3) is 0 Å². The highest BCUT2D eigenvalue weighted by molar-refractivity contribution is 7.25. The molecule has 1 heterocycles. The molecule has 0 fully saturated rings. The number of benzene rings is 3. The van der Waals surface area contributed by atoms with Gasteiger partial charge in [-0.1, -0.05) is 68.4 Å². The summed E-state index contributed by atoms with van der Waals surface area (Å²) in [7, 11) is 0. The van der Waals surface area contributed by atoms with Crippen LogP contribution in [0, 0.1) is 0 Å². The van der Waals surface area contributed by atoms with Gasteiger partial charge in [-0.05, 0) is 48.8 Å². The zero-order valence-electron chi connectivity index (χ0n) is 16.6. The van der Waals surface area contributed by atoms with Crippen LogP contribution in [0.2, 0.25) is 0 Å². The minimum Gasteiger partial charge on any atom is -0.380 e. The van der Waals surface area contributed by atoms with E-state index in [0.717, 1.165) is 30.8 Å². The van der Waals surface area contributed by atoms with Crippen LogP contribution in [-0.2, 0) is 5.60 Å². The Morgan fingerprint density at radius 3 is 2.21 bits per heavy atom. The summed E-state index contributed by atoms with van der Waals surface area (Å²) in [5, 5.41) is 14.4. The number of hydrogen-bond donors (Lipinski definition) is 1. The molecule has 3 heteroatoms. The van der Waals surface area contributed by atoms with Gasteiger partial charge in [-0.15, -0.1) is 11.3 Å². The molecule has 1 unspecified atom stereocenters. The first-order valence-corrected chi connectivity index (χ1v) is 10.9. The summed E-state index contributed by atoms with van der Waals surface area (Å²) in [6.07, 6.45) is 0.673. The second-order valence-electron chi connectivity index (χ2n) is 7.31. The van der Waals surface area contributed by atoms with Gasteiger partial charge in [0.15, 0.2) is 0 Å². The van der Waals surface area contributed by atoms with E-state index >= 15 is 0 Å². The van der Waals surface area contributed by atoms with E-state index < -0.39 is 5.60 Å². The van der Waals surface area contributed by atoms with Crippen LogP contribution < -0.4 is 0 Å². The van der Waals surface area contributed by atoms with Crippen molar-refractivity contribution in [1.82, 2.24) is 4.90 Å².